The zero-order chi connectivity index (χ0) is 30.2. The molecule has 0 spiro atoms. The molecule has 12 heteroatoms. The van der Waals surface area contributed by atoms with E-state index in [9.17, 15) is 31.2 Å². The first-order valence-electron chi connectivity index (χ1n) is 13.2. The number of likely N-dealkylation sites (tertiary alicyclic amines) is 1. The normalized spacial score (nSPS) is 15.3. The van der Waals surface area contributed by atoms with Gasteiger partial charge in [0.1, 0.15) is 30.0 Å². The van der Waals surface area contributed by atoms with Crippen LogP contribution in [0.4, 0.5) is 18.9 Å². The first kappa shape index (κ1) is 29.2. The van der Waals surface area contributed by atoms with E-state index >= 15 is 0 Å². The molecular formula is C30H28F3N3O5S. The highest BCUT2D eigenvalue weighted by Crippen LogP contribution is 2.42. The third kappa shape index (κ3) is 5.58. The highest BCUT2D eigenvalue weighted by atomic mass is 32.2. The Bertz CT molecular complexity index is 1770. The monoisotopic (exact) mass is 599 g/mol. The molecule has 42 heavy (non-hydrogen) atoms. The number of carbonyl (C=O) groups excluding carboxylic acids is 2. The SMILES string of the molecule is CNC(=O)c1c(-c2ccc(F)cc2)oc2cc(N(CCF)S(C)(=O)=O)c(-c3cccc(C(=O)N4CC[C@H](F)C4)c3)cc12. The highest BCUT2D eigenvalue weighted by molar-refractivity contribution is 7.92. The number of hydrogen-bond acceptors (Lipinski definition) is 5. The van der Waals surface area contributed by atoms with E-state index in [-0.39, 0.29) is 59.1 Å². The van der Waals surface area contributed by atoms with E-state index in [0.29, 0.717) is 16.5 Å². The van der Waals surface area contributed by atoms with Gasteiger partial charge in [0.25, 0.3) is 11.8 Å². The van der Waals surface area contributed by atoms with Crippen LogP contribution in [0, 0.1) is 5.82 Å². The van der Waals surface area contributed by atoms with Crippen LogP contribution in [0.1, 0.15) is 27.1 Å². The number of furan rings is 1. The minimum Gasteiger partial charge on any atom is -0.455 e. The second-order valence-electron chi connectivity index (χ2n) is 10.00. The fourth-order valence-electron chi connectivity index (χ4n) is 5.17. The molecule has 3 aromatic carbocycles. The molecule has 0 aliphatic carbocycles. The summed E-state index contributed by atoms with van der Waals surface area (Å²) in [5, 5.41) is 2.89. The smallest absolute Gasteiger partial charge is 0.255 e. The number of hydrogen-bond donors (Lipinski definition) is 1. The Hall–Kier alpha value is -4.32. The molecule has 8 nitrogen and oxygen atoms in total. The van der Waals surface area contributed by atoms with Crippen LogP contribution in [-0.2, 0) is 10.0 Å². The third-order valence-corrected chi connectivity index (χ3v) is 8.34. The van der Waals surface area contributed by atoms with E-state index in [4.69, 9.17) is 4.42 Å². The number of nitrogens with one attached hydrogen (secondary N) is 1. The zero-order valence-corrected chi connectivity index (χ0v) is 23.7. The molecule has 1 aliphatic rings. The zero-order valence-electron chi connectivity index (χ0n) is 22.9. The summed E-state index contributed by atoms with van der Waals surface area (Å²) in [5.41, 5.74) is 1.70. The summed E-state index contributed by atoms with van der Waals surface area (Å²) in [4.78, 5) is 27.7. The minimum atomic E-state index is -3.99. The molecule has 1 saturated heterocycles. The minimum absolute atomic E-state index is 0.0186. The van der Waals surface area contributed by atoms with Crippen LogP contribution in [0.2, 0.25) is 0 Å². The quantitative estimate of drug-likeness (QED) is 0.301. The fourth-order valence-corrected chi connectivity index (χ4v) is 6.08. The molecule has 1 aromatic heterocycles. The van der Waals surface area contributed by atoms with Crippen molar-refractivity contribution >= 4 is 38.5 Å². The number of alkyl halides is 2. The average Bonchev–Trinajstić information content (AvgIpc) is 3.57. The number of anilines is 1. The van der Waals surface area contributed by atoms with Gasteiger partial charge in [0, 0.05) is 41.7 Å². The predicted octanol–water partition coefficient (Wildman–Crippen LogP) is 5.19. The summed E-state index contributed by atoms with van der Waals surface area (Å²) >= 11 is 0. The van der Waals surface area contributed by atoms with Crippen molar-refractivity contribution in [3.63, 3.8) is 0 Å². The molecule has 1 atom stereocenters. The van der Waals surface area contributed by atoms with Crippen molar-refractivity contribution in [3.05, 3.63) is 77.6 Å². The summed E-state index contributed by atoms with van der Waals surface area (Å²) in [7, 11) is -2.55. The molecule has 0 unspecified atom stereocenters. The predicted molar refractivity (Wildman–Crippen MR) is 154 cm³/mol. The van der Waals surface area contributed by atoms with E-state index in [1.165, 1.54) is 42.3 Å². The lowest BCUT2D eigenvalue weighted by Gasteiger charge is -2.24. The molecule has 1 aliphatic heterocycles. The number of rotatable bonds is 8. The Kier molecular flexibility index (Phi) is 8.00. The second-order valence-corrected chi connectivity index (χ2v) is 11.9. The Labute approximate surface area is 240 Å². The first-order valence-corrected chi connectivity index (χ1v) is 15.0. The topological polar surface area (TPSA) is 99.9 Å². The van der Waals surface area contributed by atoms with E-state index in [2.05, 4.69) is 5.32 Å². The van der Waals surface area contributed by atoms with Crippen LogP contribution in [0.15, 0.2) is 65.1 Å². The van der Waals surface area contributed by atoms with Gasteiger partial charge in [-0.05, 0) is 54.4 Å². The Balaban J connectivity index is 1.76. The Morgan fingerprint density at radius 3 is 2.45 bits per heavy atom. The Morgan fingerprint density at radius 2 is 1.83 bits per heavy atom. The average molecular weight is 600 g/mol. The molecule has 220 valence electrons. The fraction of sp³-hybridized carbons (Fsp3) is 0.267. The molecule has 4 aromatic rings. The van der Waals surface area contributed by atoms with Crippen molar-refractivity contribution in [1.82, 2.24) is 10.2 Å². The molecule has 0 saturated carbocycles. The van der Waals surface area contributed by atoms with Crippen molar-refractivity contribution in [1.29, 1.82) is 0 Å². The van der Waals surface area contributed by atoms with Gasteiger partial charge in [0.05, 0.1) is 30.6 Å². The number of amides is 2. The molecule has 1 fully saturated rings. The number of sulfonamides is 1. The largest absolute Gasteiger partial charge is 0.455 e. The second kappa shape index (κ2) is 11.5. The van der Waals surface area contributed by atoms with Crippen molar-refractivity contribution in [3.8, 4) is 22.5 Å². The number of fused-ring (bicyclic) bond motifs is 1. The molecule has 1 N–H and O–H groups in total. The van der Waals surface area contributed by atoms with E-state index in [1.54, 1.807) is 30.3 Å². The van der Waals surface area contributed by atoms with Gasteiger partial charge < -0.3 is 14.6 Å². The lowest BCUT2D eigenvalue weighted by Crippen LogP contribution is -2.32. The van der Waals surface area contributed by atoms with Gasteiger partial charge in [-0.25, -0.2) is 21.6 Å². The maximum absolute atomic E-state index is 13.8. The van der Waals surface area contributed by atoms with Gasteiger partial charge in [-0.1, -0.05) is 12.1 Å². The van der Waals surface area contributed by atoms with Crippen LogP contribution in [0.5, 0.6) is 0 Å². The lowest BCUT2D eigenvalue weighted by atomic mass is 9.97. The molecule has 0 bridgehead atoms. The van der Waals surface area contributed by atoms with Crippen molar-refractivity contribution in [2.45, 2.75) is 12.6 Å². The summed E-state index contributed by atoms with van der Waals surface area (Å²) in [6.07, 6.45) is 0.0896. The molecule has 2 heterocycles. The molecule has 0 radical (unpaired) electrons. The third-order valence-electron chi connectivity index (χ3n) is 7.16. The molecule has 2 amide bonds. The van der Waals surface area contributed by atoms with Crippen molar-refractivity contribution < 1.29 is 35.6 Å². The summed E-state index contributed by atoms with van der Waals surface area (Å²) in [5.74, 6) is -1.24. The lowest BCUT2D eigenvalue weighted by molar-refractivity contribution is 0.0782. The van der Waals surface area contributed by atoms with Crippen LogP contribution in [0.25, 0.3) is 33.4 Å². The van der Waals surface area contributed by atoms with Crippen LogP contribution in [-0.4, -0.2) is 70.9 Å². The summed E-state index contributed by atoms with van der Waals surface area (Å²) in [6.45, 7) is -1.22. The first-order chi connectivity index (χ1) is 20.0. The molecule has 5 rings (SSSR count). The number of benzene rings is 3. The van der Waals surface area contributed by atoms with Crippen molar-refractivity contribution in [2.75, 3.05) is 43.9 Å². The van der Waals surface area contributed by atoms with Gasteiger partial charge in [0.2, 0.25) is 10.0 Å². The van der Waals surface area contributed by atoms with E-state index in [1.807, 2.05) is 0 Å². The van der Waals surface area contributed by atoms with Gasteiger partial charge >= 0.3 is 0 Å². The Morgan fingerprint density at radius 1 is 1.10 bits per heavy atom. The van der Waals surface area contributed by atoms with Crippen LogP contribution in [0.3, 0.4) is 0 Å². The maximum Gasteiger partial charge on any atom is 0.255 e. The summed E-state index contributed by atoms with van der Waals surface area (Å²) in [6, 6.07) is 14.7. The standard InChI is InChI=1S/C30H28F3N3O5S/c1-34-29(37)27-24-15-23(19-4-3-5-20(14-19)30(38)35-12-10-22(33)17-35)25(36(13-11-31)42(2,39)40)16-26(24)41-28(27)18-6-8-21(32)9-7-18/h3-9,14-16,22H,10-13,17H2,1-2H3,(H,34,37)/t22-/m0/s1. The number of carbonyl (C=O) groups is 2. The molecular weight excluding hydrogens is 571 g/mol. The van der Waals surface area contributed by atoms with Gasteiger partial charge in [0.15, 0.2) is 0 Å². The summed E-state index contributed by atoms with van der Waals surface area (Å²) < 4.78 is 73.7. The van der Waals surface area contributed by atoms with Gasteiger partial charge in [-0.15, -0.1) is 0 Å². The van der Waals surface area contributed by atoms with Gasteiger partial charge in [-0.2, -0.15) is 0 Å². The van der Waals surface area contributed by atoms with Crippen LogP contribution < -0.4 is 9.62 Å². The van der Waals surface area contributed by atoms with Crippen molar-refractivity contribution in [2.24, 2.45) is 0 Å². The van der Waals surface area contributed by atoms with E-state index in [0.717, 1.165) is 10.6 Å². The number of halogens is 3. The van der Waals surface area contributed by atoms with E-state index < -0.39 is 41.1 Å². The highest BCUT2D eigenvalue weighted by Gasteiger charge is 2.29. The van der Waals surface area contributed by atoms with Crippen LogP contribution >= 0.6 is 0 Å². The maximum atomic E-state index is 13.8. The number of nitrogens with zero attached hydrogens (tertiary/aromatic N) is 2. The van der Waals surface area contributed by atoms with Gasteiger partial charge in [-0.3, -0.25) is 13.9 Å².